The summed E-state index contributed by atoms with van der Waals surface area (Å²) in [5.74, 6) is 2.08. The van der Waals surface area contributed by atoms with Crippen LogP contribution in [0.3, 0.4) is 0 Å². The number of aromatic amines is 1. The summed E-state index contributed by atoms with van der Waals surface area (Å²) in [6.45, 7) is 2.85. The lowest BCUT2D eigenvalue weighted by Gasteiger charge is -2.13. The highest BCUT2D eigenvalue weighted by atomic mass is 16.2. The van der Waals surface area contributed by atoms with Gasteiger partial charge in [0.1, 0.15) is 17.2 Å². The minimum absolute atomic E-state index is 0.231. The quantitative estimate of drug-likeness (QED) is 0.335. The summed E-state index contributed by atoms with van der Waals surface area (Å²) in [5.41, 5.74) is 4.91. The van der Waals surface area contributed by atoms with E-state index < -0.39 is 0 Å². The van der Waals surface area contributed by atoms with E-state index in [0.29, 0.717) is 11.5 Å². The average molecular weight is 493 g/mol. The number of aromatic nitrogens is 6. The van der Waals surface area contributed by atoms with Gasteiger partial charge in [0.05, 0.1) is 23.6 Å². The molecule has 0 spiro atoms. The van der Waals surface area contributed by atoms with E-state index in [-0.39, 0.29) is 12.1 Å². The van der Waals surface area contributed by atoms with Crippen LogP contribution in [-0.2, 0) is 7.05 Å². The van der Waals surface area contributed by atoms with Crippen molar-refractivity contribution in [3.05, 3.63) is 67.1 Å². The van der Waals surface area contributed by atoms with Gasteiger partial charge in [0.2, 0.25) is 0 Å². The number of carbonyl (C=O) groups is 1. The number of anilines is 3. The highest BCUT2D eigenvalue weighted by molar-refractivity contribution is 6.00. The molecule has 6 rings (SSSR count). The molecule has 0 fully saturated rings. The maximum absolute atomic E-state index is 12.6. The molecule has 1 aliphatic heterocycles. The molecule has 5 aromatic rings. The normalized spacial score (nSPS) is 14.9. The van der Waals surface area contributed by atoms with Crippen molar-refractivity contribution in [2.75, 3.05) is 22.1 Å². The minimum atomic E-state index is -0.363. The number of rotatable bonds is 5. The van der Waals surface area contributed by atoms with E-state index in [0.717, 1.165) is 46.0 Å². The molecule has 1 aliphatic rings. The molecule has 0 radical (unpaired) electrons. The number of nitrogens with one attached hydrogen (secondary N) is 3. The maximum Gasteiger partial charge on any atom is 0.324 e. The molecule has 2 amide bonds. The molecular formula is C26H24N10O. The predicted octanol–water partition coefficient (Wildman–Crippen LogP) is 4.30. The second-order valence-electron chi connectivity index (χ2n) is 8.81. The number of benzene rings is 1. The SMILES string of the molecule is CC1CN(c2nccc3[nH]c(-c4ccc(NC(=O)Nc5cc(-c6ccncc6)nn5C)cc4)nc23)C=N1. The number of H-pyrrole nitrogens is 1. The lowest BCUT2D eigenvalue weighted by Crippen LogP contribution is -2.22. The van der Waals surface area contributed by atoms with E-state index in [4.69, 9.17) is 4.98 Å². The minimum Gasteiger partial charge on any atom is -0.338 e. The predicted molar refractivity (Wildman–Crippen MR) is 144 cm³/mol. The van der Waals surface area contributed by atoms with Crippen LogP contribution in [0.25, 0.3) is 33.7 Å². The second kappa shape index (κ2) is 9.19. The molecule has 5 heterocycles. The summed E-state index contributed by atoms with van der Waals surface area (Å²) in [4.78, 5) is 35.8. The van der Waals surface area contributed by atoms with Crippen LogP contribution in [0.4, 0.5) is 22.1 Å². The van der Waals surface area contributed by atoms with Gasteiger partial charge in [-0.25, -0.2) is 14.8 Å². The Balaban J connectivity index is 1.15. The number of fused-ring (bicyclic) bond motifs is 1. The monoisotopic (exact) mass is 492 g/mol. The number of hydrogen-bond donors (Lipinski definition) is 3. The van der Waals surface area contributed by atoms with Crippen molar-refractivity contribution < 1.29 is 4.79 Å². The van der Waals surface area contributed by atoms with Crippen molar-refractivity contribution in [3.8, 4) is 22.6 Å². The first kappa shape index (κ1) is 22.4. The molecule has 0 saturated carbocycles. The smallest absolute Gasteiger partial charge is 0.324 e. The van der Waals surface area contributed by atoms with Gasteiger partial charge in [-0.05, 0) is 49.4 Å². The van der Waals surface area contributed by atoms with Gasteiger partial charge in [-0.1, -0.05) is 0 Å². The van der Waals surface area contributed by atoms with Gasteiger partial charge >= 0.3 is 6.03 Å². The molecule has 0 aliphatic carbocycles. The van der Waals surface area contributed by atoms with Gasteiger partial charge in [0, 0.05) is 55.1 Å². The highest BCUT2D eigenvalue weighted by Gasteiger charge is 2.20. The summed E-state index contributed by atoms with van der Waals surface area (Å²) < 4.78 is 1.62. The average Bonchev–Trinajstić information content (AvgIpc) is 3.63. The summed E-state index contributed by atoms with van der Waals surface area (Å²) in [6, 6.07) is 14.8. The number of hydrogen-bond acceptors (Lipinski definition) is 7. The van der Waals surface area contributed by atoms with Gasteiger partial charge in [-0.3, -0.25) is 20.0 Å². The fourth-order valence-electron chi connectivity index (χ4n) is 4.22. The lowest BCUT2D eigenvalue weighted by atomic mass is 10.2. The third kappa shape index (κ3) is 4.49. The van der Waals surface area contributed by atoms with Gasteiger partial charge < -0.3 is 15.2 Å². The van der Waals surface area contributed by atoms with E-state index >= 15 is 0 Å². The Kier molecular flexibility index (Phi) is 5.56. The Bertz CT molecular complexity index is 1600. The molecule has 0 saturated heterocycles. The van der Waals surface area contributed by atoms with E-state index in [1.807, 2.05) is 59.8 Å². The van der Waals surface area contributed by atoms with Gasteiger partial charge in [0.25, 0.3) is 0 Å². The molecule has 37 heavy (non-hydrogen) atoms. The Morgan fingerprint density at radius 1 is 1.03 bits per heavy atom. The topological polar surface area (TPSA) is 129 Å². The van der Waals surface area contributed by atoms with Crippen LogP contribution in [0.1, 0.15) is 6.92 Å². The third-order valence-electron chi connectivity index (χ3n) is 6.09. The van der Waals surface area contributed by atoms with Crippen LogP contribution in [0.2, 0.25) is 0 Å². The second-order valence-corrected chi connectivity index (χ2v) is 8.81. The highest BCUT2D eigenvalue weighted by Crippen LogP contribution is 2.28. The number of imidazole rings is 1. The Hall–Kier alpha value is -5.06. The summed E-state index contributed by atoms with van der Waals surface area (Å²) in [5, 5.41) is 10.2. The molecule has 11 nitrogen and oxygen atoms in total. The van der Waals surface area contributed by atoms with Crippen molar-refractivity contribution in [1.29, 1.82) is 0 Å². The van der Waals surface area contributed by atoms with Crippen molar-refractivity contribution in [1.82, 2.24) is 29.7 Å². The summed E-state index contributed by atoms with van der Waals surface area (Å²) in [6.07, 6.45) is 7.00. The first-order valence-corrected chi connectivity index (χ1v) is 11.8. The fourth-order valence-corrected chi connectivity index (χ4v) is 4.22. The van der Waals surface area contributed by atoms with Gasteiger partial charge in [0.15, 0.2) is 5.82 Å². The first-order chi connectivity index (χ1) is 18.0. The van der Waals surface area contributed by atoms with Crippen LogP contribution in [0.5, 0.6) is 0 Å². The molecule has 1 unspecified atom stereocenters. The van der Waals surface area contributed by atoms with E-state index in [1.165, 1.54) is 0 Å². The number of pyridine rings is 2. The zero-order valence-corrected chi connectivity index (χ0v) is 20.3. The zero-order valence-electron chi connectivity index (χ0n) is 20.3. The molecule has 3 N–H and O–H groups in total. The third-order valence-corrected chi connectivity index (χ3v) is 6.09. The van der Waals surface area contributed by atoms with E-state index in [2.05, 4.69) is 42.6 Å². The Morgan fingerprint density at radius 2 is 1.84 bits per heavy atom. The molecule has 1 aromatic carbocycles. The number of carbonyl (C=O) groups excluding carboxylic acids is 1. The maximum atomic E-state index is 12.6. The molecule has 0 bridgehead atoms. The Labute approximate surface area is 212 Å². The number of amides is 2. The van der Waals surface area contributed by atoms with Crippen molar-refractivity contribution >= 4 is 40.7 Å². The van der Waals surface area contributed by atoms with Crippen LogP contribution in [-0.4, -0.2) is 54.7 Å². The van der Waals surface area contributed by atoms with E-state index in [9.17, 15) is 4.79 Å². The lowest BCUT2D eigenvalue weighted by molar-refractivity contribution is 0.262. The van der Waals surface area contributed by atoms with Crippen molar-refractivity contribution in [3.63, 3.8) is 0 Å². The largest absolute Gasteiger partial charge is 0.338 e. The van der Waals surface area contributed by atoms with Crippen LogP contribution in [0.15, 0.2) is 72.1 Å². The van der Waals surface area contributed by atoms with Crippen molar-refractivity contribution in [2.45, 2.75) is 13.0 Å². The molecule has 1 atom stereocenters. The fraction of sp³-hybridized carbons (Fsp3) is 0.154. The van der Waals surface area contributed by atoms with Gasteiger partial charge in [-0.2, -0.15) is 5.10 Å². The molecule has 184 valence electrons. The Morgan fingerprint density at radius 3 is 2.59 bits per heavy atom. The van der Waals surface area contributed by atoms with E-state index in [1.54, 1.807) is 30.3 Å². The first-order valence-electron chi connectivity index (χ1n) is 11.8. The standard InChI is InChI=1S/C26H24N10O/c1-16-14-36(15-29-16)25-23-20(9-12-28-25)31-24(33-23)18-3-5-19(6-4-18)30-26(37)32-22-13-21(34-35(22)2)17-7-10-27-11-8-17/h3-13,15-16H,14H2,1-2H3,(H,31,33)(H2,30,32,37). The molecule has 4 aromatic heterocycles. The molecule has 11 heteroatoms. The number of nitrogens with zero attached hydrogens (tertiary/aromatic N) is 7. The van der Waals surface area contributed by atoms with Crippen molar-refractivity contribution in [2.24, 2.45) is 12.0 Å². The number of aryl methyl sites for hydroxylation is 1. The number of aliphatic imine (C=N–C) groups is 1. The van der Waals surface area contributed by atoms with Crippen LogP contribution < -0.4 is 15.5 Å². The van der Waals surface area contributed by atoms with Crippen LogP contribution in [0, 0.1) is 0 Å². The number of urea groups is 1. The summed E-state index contributed by atoms with van der Waals surface area (Å²) >= 11 is 0. The summed E-state index contributed by atoms with van der Waals surface area (Å²) in [7, 11) is 1.78. The van der Waals surface area contributed by atoms with Crippen LogP contribution >= 0.6 is 0 Å². The molecular weight excluding hydrogens is 468 g/mol. The van der Waals surface area contributed by atoms with Gasteiger partial charge in [-0.15, -0.1) is 0 Å². The zero-order chi connectivity index (χ0) is 25.4.